The van der Waals surface area contributed by atoms with Gasteiger partial charge in [-0.1, -0.05) is 20.4 Å². The number of anilines is 1. The lowest BCUT2D eigenvalue weighted by Crippen LogP contribution is -2.36. The first-order valence-electron chi connectivity index (χ1n) is 7.64. The van der Waals surface area contributed by atoms with Gasteiger partial charge in [0.25, 0.3) is 5.91 Å². The zero-order valence-corrected chi connectivity index (χ0v) is 15.7. The maximum atomic E-state index is 13.2. The molecular weight excluding hydrogens is 437 g/mol. The van der Waals surface area contributed by atoms with Gasteiger partial charge in [0.2, 0.25) is 0 Å². The van der Waals surface area contributed by atoms with E-state index in [2.05, 4.69) is 35.7 Å². The van der Waals surface area contributed by atoms with Crippen molar-refractivity contribution in [2.24, 2.45) is 0 Å². The highest BCUT2D eigenvalue weighted by molar-refractivity contribution is 9.10. The summed E-state index contributed by atoms with van der Waals surface area (Å²) in [5.74, 6) is -0.656. The molecule has 2 aromatic rings. The molecular formula is C15H14BrF3N4O2S. The molecule has 0 saturated carbocycles. The summed E-state index contributed by atoms with van der Waals surface area (Å²) < 4.78 is 48.9. The fourth-order valence-corrected chi connectivity index (χ4v) is 3.42. The Morgan fingerprint density at radius 2 is 2.08 bits per heavy atom. The third kappa shape index (κ3) is 4.58. The van der Waals surface area contributed by atoms with Crippen molar-refractivity contribution in [2.45, 2.75) is 12.7 Å². The van der Waals surface area contributed by atoms with Gasteiger partial charge in [-0.2, -0.15) is 13.2 Å². The Balaban J connectivity index is 1.78. The Kier molecular flexibility index (Phi) is 5.90. The SMILES string of the molecule is O=C(Nc1ccc(Br)cc1C(F)(F)F)c1snnc1CN1CCOCC1. The summed E-state index contributed by atoms with van der Waals surface area (Å²) >= 11 is 3.87. The number of nitrogens with zero attached hydrogens (tertiary/aromatic N) is 3. The van der Waals surface area contributed by atoms with Crippen molar-refractivity contribution >= 4 is 39.1 Å². The summed E-state index contributed by atoms with van der Waals surface area (Å²) in [6.07, 6.45) is -4.59. The van der Waals surface area contributed by atoms with Crippen LogP contribution in [0.25, 0.3) is 0 Å². The van der Waals surface area contributed by atoms with Crippen molar-refractivity contribution in [2.75, 3.05) is 31.6 Å². The minimum Gasteiger partial charge on any atom is -0.379 e. The van der Waals surface area contributed by atoms with E-state index in [0.717, 1.165) is 17.6 Å². The van der Waals surface area contributed by atoms with Crippen LogP contribution in [-0.2, 0) is 17.5 Å². The number of hydrogen-bond acceptors (Lipinski definition) is 6. The molecule has 2 heterocycles. The van der Waals surface area contributed by atoms with Crippen molar-refractivity contribution in [1.29, 1.82) is 0 Å². The zero-order valence-electron chi connectivity index (χ0n) is 13.3. The smallest absolute Gasteiger partial charge is 0.379 e. The lowest BCUT2D eigenvalue weighted by atomic mass is 10.1. The molecule has 1 aliphatic heterocycles. The van der Waals surface area contributed by atoms with Crippen LogP contribution in [0, 0.1) is 0 Å². The first-order valence-corrected chi connectivity index (χ1v) is 9.20. The highest BCUT2D eigenvalue weighted by atomic mass is 79.9. The summed E-state index contributed by atoms with van der Waals surface area (Å²) in [6, 6.07) is 3.57. The molecule has 1 saturated heterocycles. The van der Waals surface area contributed by atoms with Gasteiger partial charge in [0.15, 0.2) is 0 Å². The van der Waals surface area contributed by atoms with Gasteiger partial charge < -0.3 is 10.1 Å². The number of rotatable bonds is 4. The summed E-state index contributed by atoms with van der Waals surface area (Å²) in [4.78, 5) is 14.8. The van der Waals surface area contributed by atoms with E-state index < -0.39 is 17.6 Å². The molecule has 11 heteroatoms. The third-order valence-electron chi connectivity index (χ3n) is 3.77. The van der Waals surface area contributed by atoms with Crippen molar-refractivity contribution in [1.82, 2.24) is 14.5 Å². The van der Waals surface area contributed by atoms with E-state index in [1.165, 1.54) is 12.1 Å². The molecule has 0 bridgehead atoms. The van der Waals surface area contributed by atoms with Crippen molar-refractivity contribution < 1.29 is 22.7 Å². The van der Waals surface area contributed by atoms with Gasteiger partial charge in [-0.05, 0) is 29.7 Å². The summed E-state index contributed by atoms with van der Waals surface area (Å²) in [5.41, 5.74) is -0.788. The van der Waals surface area contributed by atoms with Gasteiger partial charge >= 0.3 is 6.18 Å². The van der Waals surface area contributed by atoms with Crippen LogP contribution in [0.4, 0.5) is 18.9 Å². The molecule has 0 atom stereocenters. The highest BCUT2D eigenvalue weighted by Gasteiger charge is 2.34. The average Bonchev–Trinajstić information content (AvgIpc) is 3.04. The first-order chi connectivity index (χ1) is 12.3. The number of carbonyl (C=O) groups excluding carboxylic acids is 1. The monoisotopic (exact) mass is 450 g/mol. The Bertz CT molecular complexity index is 793. The van der Waals surface area contributed by atoms with E-state index in [9.17, 15) is 18.0 Å². The van der Waals surface area contributed by atoms with E-state index in [1.54, 1.807) is 0 Å². The number of benzene rings is 1. The van der Waals surface area contributed by atoms with Crippen LogP contribution in [0.1, 0.15) is 20.9 Å². The van der Waals surface area contributed by atoms with Crippen molar-refractivity contribution in [3.05, 3.63) is 38.8 Å². The van der Waals surface area contributed by atoms with Crippen LogP contribution >= 0.6 is 27.5 Å². The van der Waals surface area contributed by atoms with Crippen LogP contribution in [0.2, 0.25) is 0 Å². The van der Waals surface area contributed by atoms with Crippen molar-refractivity contribution in [3.63, 3.8) is 0 Å². The fraction of sp³-hybridized carbons (Fsp3) is 0.400. The van der Waals surface area contributed by atoms with Gasteiger partial charge in [0, 0.05) is 24.1 Å². The molecule has 140 valence electrons. The molecule has 1 fully saturated rings. The number of aromatic nitrogens is 2. The van der Waals surface area contributed by atoms with E-state index in [-0.39, 0.29) is 15.0 Å². The topological polar surface area (TPSA) is 67.4 Å². The second-order valence-electron chi connectivity index (χ2n) is 5.58. The molecule has 6 nitrogen and oxygen atoms in total. The number of halogens is 4. The first kappa shape index (κ1) is 19.2. The van der Waals surface area contributed by atoms with Gasteiger partial charge in [0.1, 0.15) is 10.6 Å². The number of ether oxygens (including phenoxy) is 1. The largest absolute Gasteiger partial charge is 0.418 e. The molecule has 3 rings (SSSR count). The minimum atomic E-state index is -4.59. The molecule has 0 aliphatic carbocycles. The molecule has 0 unspecified atom stereocenters. The van der Waals surface area contributed by atoms with Gasteiger partial charge in [-0.3, -0.25) is 9.69 Å². The second-order valence-corrected chi connectivity index (χ2v) is 7.25. The Hall–Kier alpha value is -1.56. The van der Waals surface area contributed by atoms with Crippen molar-refractivity contribution in [3.8, 4) is 0 Å². The minimum absolute atomic E-state index is 0.201. The molecule has 1 aliphatic rings. The predicted octanol–water partition coefficient (Wildman–Crippen LogP) is 3.40. The third-order valence-corrected chi connectivity index (χ3v) is 5.03. The van der Waals surface area contributed by atoms with Crippen LogP contribution in [0.15, 0.2) is 22.7 Å². The Morgan fingerprint density at radius 3 is 2.77 bits per heavy atom. The quantitative estimate of drug-likeness (QED) is 0.772. The summed E-state index contributed by atoms with van der Waals surface area (Å²) in [5, 5.41) is 6.29. The normalized spacial score (nSPS) is 15.8. The van der Waals surface area contributed by atoms with Gasteiger partial charge in [-0.25, -0.2) is 0 Å². The number of alkyl halides is 3. The molecule has 0 spiro atoms. The maximum absolute atomic E-state index is 13.2. The van der Waals surface area contributed by atoms with E-state index >= 15 is 0 Å². The molecule has 1 N–H and O–H groups in total. The van der Waals surface area contributed by atoms with E-state index in [0.29, 0.717) is 38.5 Å². The van der Waals surface area contributed by atoms with Crippen LogP contribution < -0.4 is 5.32 Å². The maximum Gasteiger partial charge on any atom is 0.418 e. The predicted molar refractivity (Wildman–Crippen MR) is 93.1 cm³/mol. The van der Waals surface area contributed by atoms with Crippen LogP contribution in [0.5, 0.6) is 0 Å². The standard InChI is InChI=1S/C15H14BrF3N4O2S/c16-9-1-2-11(10(7-9)15(17,18)19)20-14(24)13-12(21-22-26-13)8-23-3-5-25-6-4-23/h1-2,7H,3-6,8H2,(H,20,24). The number of amides is 1. The zero-order chi connectivity index (χ0) is 18.7. The number of hydrogen-bond donors (Lipinski definition) is 1. The highest BCUT2D eigenvalue weighted by Crippen LogP contribution is 2.36. The number of carbonyl (C=O) groups is 1. The Labute approximate surface area is 159 Å². The Morgan fingerprint density at radius 1 is 1.35 bits per heavy atom. The summed E-state index contributed by atoms with van der Waals surface area (Å²) in [7, 11) is 0. The number of morpholine rings is 1. The van der Waals surface area contributed by atoms with E-state index in [1.807, 2.05) is 0 Å². The second kappa shape index (κ2) is 7.99. The van der Waals surface area contributed by atoms with E-state index in [4.69, 9.17) is 4.74 Å². The molecule has 26 heavy (non-hydrogen) atoms. The molecule has 1 aromatic carbocycles. The summed E-state index contributed by atoms with van der Waals surface area (Å²) in [6.45, 7) is 2.97. The van der Waals surface area contributed by atoms with Crippen LogP contribution in [0.3, 0.4) is 0 Å². The molecule has 1 aromatic heterocycles. The van der Waals surface area contributed by atoms with Crippen LogP contribution in [-0.4, -0.2) is 46.7 Å². The fourth-order valence-electron chi connectivity index (χ4n) is 2.49. The lowest BCUT2D eigenvalue weighted by molar-refractivity contribution is -0.136. The van der Waals surface area contributed by atoms with Gasteiger partial charge in [0.05, 0.1) is 24.5 Å². The number of nitrogens with one attached hydrogen (secondary N) is 1. The average molecular weight is 451 g/mol. The molecule has 1 amide bonds. The lowest BCUT2D eigenvalue weighted by Gasteiger charge is -2.25. The molecule has 0 radical (unpaired) electrons. The van der Waals surface area contributed by atoms with Gasteiger partial charge in [-0.15, -0.1) is 5.10 Å².